The Labute approximate surface area is 139 Å². The number of ether oxygens (including phenoxy) is 1. The second-order valence-corrected chi connectivity index (χ2v) is 6.80. The number of hydrogen-bond acceptors (Lipinski definition) is 3. The van der Waals surface area contributed by atoms with Gasteiger partial charge in [-0.1, -0.05) is 30.3 Å². The van der Waals surface area contributed by atoms with Crippen molar-refractivity contribution in [2.75, 3.05) is 0 Å². The van der Waals surface area contributed by atoms with Crippen LogP contribution >= 0.6 is 11.3 Å². The summed E-state index contributed by atoms with van der Waals surface area (Å²) in [6, 6.07) is 12.6. The molecule has 0 radical (unpaired) electrons. The number of rotatable bonds is 2. The highest BCUT2D eigenvalue weighted by molar-refractivity contribution is 7.10. The highest BCUT2D eigenvalue weighted by Crippen LogP contribution is 2.45. The van der Waals surface area contributed by atoms with Gasteiger partial charge in [0.05, 0.1) is 0 Å². The number of carbonyl (C=O) groups excluding carboxylic acids is 1. The quantitative estimate of drug-likeness (QED) is 0.899. The van der Waals surface area contributed by atoms with Crippen molar-refractivity contribution in [2.24, 2.45) is 0 Å². The van der Waals surface area contributed by atoms with Crippen molar-refractivity contribution in [2.45, 2.75) is 25.7 Å². The maximum atomic E-state index is 11.5. The Kier molecular flexibility index (Phi) is 3.54. The van der Waals surface area contributed by atoms with Crippen molar-refractivity contribution in [3.63, 3.8) is 0 Å². The number of amides is 1. The van der Waals surface area contributed by atoms with Gasteiger partial charge in [0.2, 0.25) is 5.91 Å². The molecule has 1 aliphatic carbocycles. The summed E-state index contributed by atoms with van der Waals surface area (Å²) in [6.07, 6.45) is 4.04. The minimum atomic E-state index is -0.116. The SMILES string of the molecule is CC(=O)NC1=CC(c2cccs2)C2=C(O1)c1ccccc1CC2. The smallest absolute Gasteiger partial charge is 0.223 e. The van der Waals surface area contributed by atoms with Gasteiger partial charge in [-0.25, -0.2) is 0 Å². The lowest BCUT2D eigenvalue weighted by Gasteiger charge is -2.31. The average Bonchev–Trinajstić information content (AvgIpc) is 3.08. The van der Waals surface area contributed by atoms with Crippen molar-refractivity contribution < 1.29 is 9.53 Å². The molecule has 1 aromatic carbocycles. The Balaban J connectivity index is 1.82. The molecule has 0 fully saturated rings. The highest BCUT2D eigenvalue weighted by Gasteiger charge is 2.31. The Morgan fingerprint density at radius 3 is 2.87 bits per heavy atom. The van der Waals surface area contributed by atoms with Gasteiger partial charge in [0.25, 0.3) is 0 Å². The van der Waals surface area contributed by atoms with E-state index in [4.69, 9.17) is 4.74 Å². The van der Waals surface area contributed by atoms with Gasteiger partial charge < -0.3 is 4.74 Å². The number of carbonyl (C=O) groups is 1. The summed E-state index contributed by atoms with van der Waals surface area (Å²) in [6.45, 7) is 1.50. The summed E-state index contributed by atoms with van der Waals surface area (Å²) in [4.78, 5) is 12.7. The summed E-state index contributed by atoms with van der Waals surface area (Å²) in [5.74, 6) is 1.51. The molecule has 1 N–H and O–H groups in total. The zero-order valence-corrected chi connectivity index (χ0v) is 13.7. The lowest BCUT2D eigenvalue weighted by molar-refractivity contribution is -0.118. The molecule has 2 aromatic rings. The number of hydrogen-bond donors (Lipinski definition) is 1. The Morgan fingerprint density at radius 1 is 1.22 bits per heavy atom. The van der Waals surface area contributed by atoms with Crippen LogP contribution in [0.25, 0.3) is 5.76 Å². The fourth-order valence-electron chi connectivity index (χ4n) is 3.29. The zero-order chi connectivity index (χ0) is 15.8. The van der Waals surface area contributed by atoms with Gasteiger partial charge in [-0.3, -0.25) is 10.1 Å². The monoisotopic (exact) mass is 323 g/mol. The molecule has 2 heterocycles. The first-order chi connectivity index (χ1) is 11.2. The molecular formula is C19H17NO2S. The van der Waals surface area contributed by atoms with E-state index in [9.17, 15) is 4.79 Å². The molecule has 3 nitrogen and oxygen atoms in total. The molecule has 4 rings (SSSR count). The van der Waals surface area contributed by atoms with Crippen molar-refractivity contribution in [1.82, 2.24) is 5.32 Å². The van der Waals surface area contributed by atoms with Gasteiger partial charge in [0.15, 0.2) is 5.88 Å². The molecule has 0 saturated carbocycles. The molecule has 116 valence electrons. The summed E-state index contributed by atoms with van der Waals surface area (Å²) in [5.41, 5.74) is 3.76. The number of nitrogens with one attached hydrogen (secondary N) is 1. The minimum Gasteiger partial charge on any atom is -0.441 e. The summed E-state index contributed by atoms with van der Waals surface area (Å²) < 4.78 is 6.07. The van der Waals surface area contributed by atoms with Gasteiger partial charge >= 0.3 is 0 Å². The standard InChI is InChI=1S/C19H17NO2S/c1-12(21)20-18-11-16(17-7-4-10-23-17)15-9-8-13-5-2-3-6-14(13)19(15)22-18/h2-7,10-11,16H,8-9H2,1H3,(H,20,21). The lowest BCUT2D eigenvalue weighted by Crippen LogP contribution is -2.26. The maximum absolute atomic E-state index is 11.5. The van der Waals surface area contributed by atoms with E-state index in [1.165, 1.54) is 22.9 Å². The second kappa shape index (κ2) is 5.70. The third kappa shape index (κ3) is 2.59. The molecule has 23 heavy (non-hydrogen) atoms. The first kappa shape index (κ1) is 14.3. The molecule has 1 aliphatic heterocycles. The number of benzene rings is 1. The van der Waals surface area contributed by atoms with Crippen molar-refractivity contribution in [1.29, 1.82) is 0 Å². The van der Waals surface area contributed by atoms with E-state index in [0.717, 1.165) is 24.2 Å². The molecule has 2 aliphatic rings. The van der Waals surface area contributed by atoms with Crippen LogP contribution in [0.1, 0.15) is 35.3 Å². The Bertz CT molecular complexity index is 818. The zero-order valence-electron chi connectivity index (χ0n) is 12.8. The van der Waals surface area contributed by atoms with Crippen LogP contribution in [-0.2, 0) is 16.0 Å². The van der Waals surface area contributed by atoms with Crippen LogP contribution in [0.5, 0.6) is 0 Å². The van der Waals surface area contributed by atoms with Crippen LogP contribution < -0.4 is 5.32 Å². The first-order valence-electron chi connectivity index (χ1n) is 7.74. The average molecular weight is 323 g/mol. The predicted octanol–water partition coefficient (Wildman–Crippen LogP) is 4.20. The highest BCUT2D eigenvalue weighted by atomic mass is 32.1. The molecule has 1 aromatic heterocycles. The number of fused-ring (bicyclic) bond motifs is 2. The third-order valence-electron chi connectivity index (χ3n) is 4.27. The molecule has 0 saturated heterocycles. The third-order valence-corrected chi connectivity index (χ3v) is 5.23. The van der Waals surface area contributed by atoms with Crippen LogP contribution in [-0.4, -0.2) is 5.91 Å². The van der Waals surface area contributed by atoms with E-state index in [1.807, 2.05) is 12.1 Å². The van der Waals surface area contributed by atoms with Crippen LogP contribution in [0.3, 0.4) is 0 Å². The molecule has 0 bridgehead atoms. The lowest BCUT2D eigenvalue weighted by atomic mass is 9.82. The minimum absolute atomic E-state index is 0.116. The molecule has 4 heteroatoms. The van der Waals surface area contributed by atoms with E-state index >= 15 is 0 Å². The molecule has 1 unspecified atom stereocenters. The second-order valence-electron chi connectivity index (χ2n) is 5.82. The molecule has 0 spiro atoms. The molecule has 1 atom stereocenters. The van der Waals surface area contributed by atoms with E-state index < -0.39 is 0 Å². The Morgan fingerprint density at radius 2 is 2.09 bits per heavy atom. The summed E-state index contributed by atoms with van der Waals surface area (Å²) in [5, 5.41) is 4.90. The maximum Gasteiger partial charge on any atom is 0.223 e. The fraction of sp³-hybridized carbons (Fsp3) is 0.211. The Hall–Kier alpha value is -2.33. The van der Waals surface area contributed by atoms with E-state index in [0.29, 0.717) is 5.88 Å². The van der Waals surface area contributed by atoms with Crippen LogP contribution in [0.2, 0.25) is 0 Å². The fourth-order valence-corrected chi connectivity index (χ4v) is 4.12. The van der Waals surface area contributed by atoms with E-state index in [2.05, 4.69) is 41.0 Å². The largest absolute Gasteiger partial charge is 0.441 e. The van der Waals surface area contributed by atoms with Gasteiger partial charge in [-0.2, -0.15) is 0 Å². The number of thiophene rings is 1. The van der Waals surface area contributed by atoms with Gasteiger partial charge in [-0.05, 0) is 41.5 Å². The van der Waals surface area contributed by atoms with Crippen LogP contribution in [0, 0.1) is 0 Å². The van der Waals surface area contributed by atoms with Crippen molar-refractivity contribution >= 4 is 23.0 Å². The first-order valence-corrected chi connectivity index (χ1v) is 8.62. The molecular weight excluding hydrogens is 306 g/mol. The summed E-state index contributed by atoms with van der Waals surface area (Å²) >= 11 is 1.74. The topological polar surface area (TPSA) is 38.3 Å². The predicted molar refractivity (Wildman–Crippen MR) is 91.7 cm³/mol. The van der Waals surface area contributed by atoms with Crippen LogP contribution in [0.15, 0.2) is 59.3 Å². The van der Waals surface area contributed by atoms with Crippen molar-refractivity contribution in [3.05, 3.63) is 75.3 Å². The molecule has 1 amide bonds. The van der Waals surface area contributed by atoms with Crippen LogP contribution in [0.4, 0.5) is 0 Å². The normalized spacial score (nSPS) is 19.3. The van der Waals surface area contributed by atoms with Gasteiger partial charge in [0.1, 0.15) is 5.76 Å². The van der Waals surface area contributed by atoms with Crippen molar-refractivity contribution in [3.8, 4) is 0 Å². The number of allylic oxidation sites excluding steroid dienone is 2. The van der Waals surface area contributed by atoms with Gasteiger partial charge in [-0.15, -0.1) is 11.3 Å². The van der Waals surface area contributed by atoms with E-state index in [1.54, 1.807) is 11.3 Å². The number of aryl methyl sites for hydroxylation is 1. The van der Waals surface area contributed by atoms with E-state index in [-0.39, 0.29) is 11.8 Å². The summed E-state index contributed by atoms with van der Waals surface area (Å²) in [7, 11) is 0. The van der Waals surface area contributed by atoms with Gasteiger partial charge in [0, 0.05) is 23.3 Å².